The van der Waals surface area contributed by atoms with Crippen molar-refractivity contribution in [3.05, 3.63) is 52.2 Å². The minimum atomic E-state index is -3.39. The van der Waals surface area contributed by atoms with Crippen LogP contribution < -0.4 is 10.6 Å². The van der Waals surface area contributed by atoms with Gasteiger partial charge in [-0.15, -0.1) is 35.3 Å². The summed E-state index contributed by atoms with van der Waals surface area (Å²) in [6, 6.07) is 10.9. The molecule has 0 saturated carbocycles. The van der Waals surface area contributed by atoms with Gasteiger partial charge in [0.2, 0.25) is 10.0 Å². The van der Waals surface area contributed by atoms with Crippen LogP contribution in [0.3, 0.4) is 0 Å². The molecular formula is C17H25IN4O2S2. The van der Waals surface area contributed by atoms with E-state index in [0.717, 1.165) is 24.6 Å². The first kappa shape index (κ1) is 22.9. The van der Waals surface area contributed by atoms with Crippen LogP contribution in [0.2, 0.25) is 0 Å². The Kier molecular flexibility index (Phi) is 9.55. The van der Waals surface area contributed by atoms with Gasteiger partial charge in [-0.25, -0.2) is 17.7 Å². The van der Waals surface area contributed by atoms with Crippen LogP contribution in [0, 0.1) is 0 Å². The molecule has 0 saturated heterocycles. The third kappa shape index (κ3) is 6.53. The van der Waals surface area contributed by atoms with Gasteiger partial charge in [0.15, 0.2) is 5.96 Å². The summed E-state index contributed by atoms with van der Waals surface area (Å²) < 4.78 is 25.3. The molecule has 2 rings (SSSR count). The van der Waals surface area contributed by atoms with Crippen molar-refractivity contribution < 1.29 is 8.42 Å². The van der Waals surface area contributed by atoms with Crippen molar-refractivity contribution in [2.75, 3.05) is 20.6 Å². The molecule has 0 fully saturated rings. The predicted molar refractivity (Wildman–Crippen MR) is 119 cm³/mol. The average molecular weight is 508 g/mol. The number of thiophene rings is 1. The summed E-state index contributed by atoms with van der Waals surface area (Å²) in [4.78, 5) is 6.07. The van der Waals surface area contributed by atoms with E-state index in [1.807, 2.05) is 18.4 Å². The highest BCUT2D eigenvalue weighted by Gasteiger charge is 2.16. The Morgan fingerprint density at radius 2 is 1.85 bits per heavy atom. The van der Waals surface area contributed by atoms with Crippen molar-refractivity contribution in [3.63, 3.8) is 0 Å². The van der Waals surface area contributed by atoms with Gasteiger partial charge in [0, 0.05) is 25.5 Å². The summed E-state index contributed by atoms with van der Waals surface area (Å²) in [6.07, 6.45) is 0. The van der Waals surface area contributed by atoms with Crippen LogP contribution in [-0.4, -0.2) is 39.3 Å². The number of rotatable bonds is 7. The molecule has 1 aromatic heterocycles. The highest BCUT2D eigenvalue weighted by molar-refractivity contribution is 14.0. The molecule has 6 nitrogen and oxygen atoms in total. The highest BCUT2D eigenvalue weighted by atomic mass is 127. The Labute approximate surface area is 176 Å². The summed E-state index contributed by atoms with van der Waals surface area (Å²) in [5, 5.41) is 8.54. The molecule has 0 aliphatic heterocycles. The quantitative estimate of drug-likeness (QED) is 0.343. The van der Waals surface area contributed by atoms with Crippen LogP contribution in [-0.2, 0) is 23.1 Å². The summed E-state index contributed by atoms with van der Waals surface area (Å²) in [5.74, 6) is 0.737. The van der Waals surface area contributed by atoms with Gasteiger partial charge in [-0.1, -0.05) is 18.2 Å². The first-order chi connectivity index (χ1) is 11.9. The third-order valence-electron chi connectivity index (χ3n) is 3.48. The molecule has 1 aromatic carbocycles. The van der Waals surface area contributed by atoms with Crippen LogP contribution in [0.25, 0.3) is 0 Å². The standard InChI is InChI=1S/C17H24N4O2S2.HI/c1-4-18-17(20-13-15-6-5-11-24-15)19-12-14-7-9-16(10-8-14)25(22,23)21(2)3;/h5-11H,4,12-13H2,1-3H3,(H2,18,19,20);1H. The summed E-state index contributed by atoms with van der Waals surface area (Å²) in [7, 11) is -0.347. The van der Waals surface area contributed by atoms with Gasteiger partial charge in [0.25, 0.3) is 0 Å². The monoisotopic (exact) mass is 508 g/mol. The minimum absolute atomic E-state index is 0. The van der Waals surface area contributed by atoms with E-state index in [-0.39, 0.29) is 28.9 Å². The lowest BCUT2D eigenvalue weighted by atomic mass is 10.2. The fourth-order valence-electron chi connectivity index (χ4n) is 2.07. The van der Waals surface area contributed by atoms with E-state index >= 15 is 0 Å². The zero-order valence-electron chi connectivity index (χ0n) is 15.1. The van der Waals surface area contributed by atoms with Crippen molar-refractivity contribution in [2.24, 2.45) is 4.99 Å². The molecule has 0 spiro atoms. The second-order valence-electron chi connectivity index (χ2n) is 5.56. The molecule has 2 aromatic rings. The number of nitrogens with zero attached hydrogens (tertiary/aromatic N) is 2. The summed E-state index contributed by atoms with van der Waals surface area (Å²) in [6.45, 7) is 3.99. The van der Waals surface area contributed by atoms with Crippen molar-refractivity contribution in [3.8, 4) is 0 Å². The fourth-order valence-corrected chi connectivity index (χ4v) is 3.62. The summed E-state index contributed by atoms with van der Waals surface area (Å²) in [5.41, 5.74) is 0.950. The Morgan fingerprint density at radius 3 is 2.38 bits per heavy atom. The van der Waals surface area contributed by atoms with Gasteiger partial charge in [-0.2, -0.15) is 0 Å². The van der Waals surface area contributed by atoms with Crippen LogP contribution in [0.15, 0.2) is 51.7 Å². The van der Waals surface area contributed by atoms with Gasteiger partial charge in [-0.3, -0.25) is 0 Å². The largest absolute Gasteiger partial charge is 0.357 e. The van der Waals surface area contributed by atoms with Crippen molar-refractivity contribution in [2.45, 2.75) is 24.9 Å². The first-order valence-electron chi connectivity index (χ1n) is 7.99. The average Bonchev–Trinajstić information content (AvgIpc) is 3.11. The van der Waals surface area contributed by atoms with Crippen molar-refractivity contribution in [1.82, 2.24) is 14.9 Å². The molecule has 0 aliphatic carbocycles. The number of benzene rings is 1. The van der Waals surface area contributed by atoms with E-state index in [2.05, 4.69) is 21.7 Å². The zero-order chi connectivity index (χ0) is 18.3. The Bertz CT molecular complexity index is 789. The molecule has 9 heteroatoms. The van der Waals surface area contributed by atoms with E-state index < -0.39 is 10.0 Å². The number of hydrogen-bond acceptors (Lipinski definition) is 4. The van der Waals surface area contributed by atoms with Gasteiger partial charge >= 0.3 is 0 Å². The molecule has 0 aliphatic rings. The lowest BCUT2D eigenvalue weighted by Crippen LogP contribution is -2.36. The number of guanidine groups is 1. The van der Waals surface area contributed by atoms with Gasteiger partial charge in [-0.05, 0) is 36.1 Å². The molecule has 0 atom stereocenters. The van der Waals surface area contributed by atoms with E-state index in [9.17, 15) is 8.42 Å². The molecule has 0 radical (unpaired) electrons. The molecule has 1 heterocycles. The number of aliphatic imine (C=N–C) groups is 1. The van der Waals surface area contributed by atoms with E-state index in [4.69, 9.17) is 0 Å². The Hall–Kier alpha value is -1.17. The number of nitrogens with one attached hydrogen (secondary N) is 2. The smallest absolute Gasteiger partial charge is 0.242 e. The van der Waals surface area contributed by atoms with Gasteiger partial charge in [0.1, 0.15) is 0 Å². The number of hydrogen-bond donors (Lipinski definition) is 2. The summed E-state index contributed by atoms with van der Waals surface area (Å²) >= 11 is 1.70. The van der Waals surface area contributed by atoms with Crippen LogP contribution >= 0.6 is 35.3 Å². The number of sulfonamides is 1. The van der Waals surface area contributed by atoms with Crippen molar-refractivity contribution in [1.29, 1.82) is 0 Å². The SMILES string of the molecule is CCNC(=NCc1ccc(S(=O)(=O)N(C)C)cc1)NCc1cccs1.I. The Morgan fingerprint density at radius 1 is 1.15 bits per heavy atom. The van der Waals surface area contributed by atoms with Crippen LogP contribution in [0.4, 0.5) is 0 Å². The van der Waals surface area contributed by atoms with E-state index in [1.54, 1.807) is 35.6 Å². The topological polar surface area (TPSA) is 73.8 Å². The van der Waals surface area contributed by atoms with Crippen molar-refractivity contribution >= 4 is 51.3 Å². The second-order valence-corrected chi connectivity index (χ2v) is 8.74. The maximum absolute atomic E-state index is 12.1. The molecule has 0 unspecified atom stereocenters. The minimum Gasteiger partial charge on any atom is -0.357 e. The van der Waals surface area contributed by atoms with E-state index in [0.29, 0.717) is 6.54 Å². The van der Waals surface area contributed by atoms with Crippen LogP contribution in [0.1, 0.15) is 17.4 Å². The van der Waals surface area contributed by atoms with Gasteiger partial charge < -0.3 is 10.6 Å². The fraction of sp³-hybridized carbons (Fsp3) is 0.353. The predicted octanol–water partition coefficient (Wildman–Crippen LogP) is 2.87. The zero-order valence-corrected chi connectivity index (χ0v) is 19.1. The molecule has 26 heavy (non-hydrogen) atoms. The van der Waals surface area contributed by atoms with Crippen LogP contribution in [0.5, 0.6) is 0 Å². The second kappa shape index (κ2) is 10.9. The molecule has 144 valence electrons. The molecule has 2 N–H and O–H groups in total. The molecular weight excluding hydrogens is 483 g/mol. The Balaban J connectivity index is 0.00000338. The first-order valence-corrected chi connectivity index (χ1v) is 10.3. The lowest BCUT2D eigenvalue weighted by molar-refractivity contribution is 0.520. The normalized spacial score (nSPS) is 11.9. The van der Waals surface area contributed by atoms with Gasteiger partial charge in [0.05, 0.1) is 18.0 Å². The number of halogens is 1. The highest BCUT2D eigenvalue weighted by Crippen LogP contribution is 2.14. The van der Waals surface area contributed by atoms with E-state index in [1.165, 1.54) is 23.3 Å². The third-order valence-corrected chi connectivity index (χ3v) is 6.18. The lowest BCUT2D eigenvalue weighted by Gasteiger charge is -2.12. The molecule has 0 bridgehead atoms. The molecule has 0 amide bonds. The maximum atomic E-state index is 12.1. The maximum Gasteiger partial charge on any atom is 0.242 e.